The number of hydrogen-bond donors (Lipinski definition) is 1. The molecule has 0 aromatic heterocycles. The van der Waals surface area contributed by atoms with E-state index in [1.165, 1.54) is 12.0 Å². The van der Waals surface area contributed by atoms with Crippen LogP contribution >= 0.6 is 0 Å². The van der Waals surface area contributed by atoms with E-state index in [2.05, 4.69) is 57.0 Å². The van der Waals surface area contributed by atoms with Gasteiger partial charge < -0.3 is 10.6 Å². The summed E-state index contributed by atoms with van der Waals surface area (Å²) < 4.78 is 0. The lowest BCUT2D eigenvalue weighted by molar-refractivity contribution is 0.147. The lowest BCUT2D eigenvalue weighted by Gasteiger charge is -2.35. The quantitative estimate of drug-likeness (QED) is 0.799. The van der Waals surface area contributed by atoms with Crippen molar-refractivity contribution in [2.24, 2.45) is 5.73 Å². The highest BCUT2D eigenvalue weighted by atomic mass is 15.2. The molecule has 0 aliphatic heterocycles. The van der Waals surface area contributed by atoms with Gasteiger partial charge in [0.05, 0.1) is 0 Å². The van der Waals surface area contributed by atoms with E-state index in [9.17, 15) is 0 Å². The highest BCUT2D eigenvalue weighted by molar-refractivity contribution is 5.18. The number of hydrogen-bond acceptors (Lipinski definition) is 2. The fourth-order valence-corrected chi connectivity index (χ4v) is 1.99. The number of nitrogens with two attached hydrogens (primary N) is 1. The Labute approximate surface area is 112 Å². The van der Waals surface area contributed by atoms with Crippen molar-refractivity contribution < 1.29 is 0 Å². The first-order valence-corrected chi connectivity index (χ1v) is 6.99. The smallest absolute Gasteiger partial charge is 0.0295 e. The number of rotatable bonds is 7. The molecule has 102 valence electrons. The SMILES string of the molecule is CCC(C)(C)N(C)CCCC(N)c1ccccc1. The Balaban J connectivity index is 2.34. The molecule has 1 rings (SSSR count). The van der Waals surface area contributed by atoms with Crippen LogP contribution in [0.5, 0.6) is 0 Å². The third-order valence-electron chi connectivity index (χ3n) is 4.13. The zero-order valence-electron chi connectivity index (χ0n) is 12.3. The second-order valence-corrected chi connectivity index (χ2v) is 5.75. The van der Waals surface area contributed by atoms with Crippen molar-refractivity contribution in [3.05, 3.63) is 35.9 Å². The normalized spacial score (nSPS) is 13.9. The molecule has 0 radical (unpaired) electrons. The predicted molar refractivity (Wildman–Crippen MR) is 79.6 cm³/mol. The third kappa shape index (κ3) is 4.43. The second kappa shape index (κ2) is 6.91. The highest BCUT2D eigenvalue weighted by Gasteiger charge is 2.20. The second-order valence-electron chi connectivity index (χ2n) is 5.75. The zero-order valence-corrected chi connectivity index (χ0v) is 12.3. The van der Waals surface area contributed by atoms with Crippen molar-refractivity contribution in [2.75, 3.05) is 13.6 Å². The molecule has 0 saturated carbocycles. The predicted octanol–water partition coefficient (Wildman–Crippen LogP) is 3.59. The molecule has 2 N–H and O–H groups in total. The van der Waals surface area contributed by atoms with Gasteiger partial charge in [0.2, 0.25) is 0 Å². The summed E-state index contributed by atoms with van der Waals surface area (Å²) in [5.74, 6) is 0. The van der Waals surface area contributed by atoms with Crippen LogP contribution in [0.4, 0.5) is 0 Å². The van der Waals surface area contributed by atoms with Gasteiger partial charge in [0.1, 0.15) is 0 Å². The van der Waals surface area contributed by atoms with Crippen LogP contribution in [0, 0.1) is 0 Å². The largest absolute Gasteiger partial charge is 0.324 e. The highest BCUT2D eigenvalue weighted by Crippen LogP contribution is 2.19. The maximum Gasteiger partial charge on any atom is 0.0295 e. The van der Waals surface area contributed by atoms with E-state index in [1.54, 1.807) is 0 Å². The zero-order chi connectivity index (χ0) is 13.6. The molecule has 0 heterocycles. The lowest BCUT2D eigenvalue weighted by atomic mass is 9.98. The van der Waals surface area contributed by atoms with E-state index >= 15 is 0 Å². The van der Waals surface area contributed by atoms with Crippen LogP contribution in [-0.4, -0.2) is 24.0 Å². The number of benzene rings is 1. The monoisotopic (exact) mass is 248 g/mol. The summed E-state index contributed by atoms with van der Waals surface area (Å²) in [5.41, 5.74) is 7.74. The minimum absolute atomic E-state index is 0.171. The molecule has 0 aliphatic carbocycles. The Hall–Kier alpha value is -0.860. The van der Waals surface area contributed by atoms with Gasteiger partial charge in [-0.2, -0.15) is 0 Å². The van der Waals surface area contributed by atoms with Gasteiger partial charge in [-0.3, -0.25) is 0 Å². The first-order valence-electron chi connectivity index (χ1n) is 6.99. The van der Waals surface area contributed by atoms with E-state index in [0.29, 0.717) is 0 Å². The van der Waals surface area contributed by atoms with Crippen LogP contribution in [0.2, 0.25) is 0 Å². The van der Waals surface area contributed by atoms with Gasteiger partial charge in [-0.05, 0) is 52.3 Å². The van der Waals surface area contributed by atoms with Crippen LogP contribution in [-0.2, 0) is 0 Å². The van der Waals surface area contributed by atoms with E-state index in [1.807, 2.05) is 6.07 Å². The molecule has 0 bridgehead atoms. The van der Waals surface area contributed by atoms with Crippen molar-refractivity contribution in [3.8, 4) is 0 Å². The van der Waals surface area contributed by atoms with Crippen LogP contribution in [0.1, 0.15) is 51.6 Å². The molecule has 1 aromatic carbocycles. The molecule has 2 heteroatoms. The Kier molecular flexibility index (Phi) is 5.83. The first-order chi connectivity index (χ1) is 8.47. The topological polar surface area (TPSA) is 29.3 Å². The molecular weight excluding hydrogens is 220 g/mol. The van der Waals surface area contributed by atoms with Crippen LogP contribution in [0.3, 0.4) is 0 Å². The Morgan fingerprint density at radius 1 is 1.22 bits per heavy atom. The van der Waals surface area contributed by atoms with E-state index in [0.717, 1.165) is 19.4 Å². The van der Waals surface area contributed by atoms with Gasteiger partial charge in [0.15, 0.2) is 0 Å². The van der Waals surface area contributed by atoms with E-state index in [4.69, 9.17) is 5.73 Å². The fourth-order valence-electron chi connectivity index (χ4n) is 1.99. The molecule has 18 heavy (non-hydrogen) atoms. The van der Waals surface area contributed by atoms with Crippen molar-refractivity contribution in [1.82, 2.24) is 4.90 Å². The molecule has 0 amide bonds. The van der Waals surface area contributed by atoms with E-state index < -0.39 is 0 Å². The third-order valence-corrected chi connectivity index (χ3v) is 4.13. The summed E-state index contributed by atoms with van der Waals surface area (Å²) in [6.07, 6.45) is 3.37. The fraction of sp³-hybridized carbons (Fsp3) is 0.625. The molecule has 0 fully saturated rings. The summed E-state index contributed by atoms with van der Waals surface area (Å²) >= 11 is 0. The molecule has 1 aromatic rings. The minimum atomic E-state index is 0.171. The maximum absolute atomic E-state index is 6.20. The van der Waals surface area contributed by atoms with Crippen LogP contribution in [0.25, 0.3) is 0 Å². The molecular formula is C16H28N2. The van der Waals surface area contributed by atoms with Gasteiger partial charge in [-0.1, -0.05) is 37.3 Å². The Morgan fingerprint density at radius 3 is 2.39 bits per heavy atom. The maximum atomic E-state index is 6.20. The first kappa shape index (κ1) is 15.2. The molecule has 0 saturated heterocycles. The van der Waals surface area contributed by atoms with Crippen LogP contribution < -0.4 is 5.73 Å². The standard InChI is InChI=1S/C16H28N2/c1-5-16(2,3)18(4)13-9-12-15(17)14-10-7-6-8-11-14/h6-8,10-11,15H,5,9,12-13,17H2,1-4H3. The van der Waals surface area contributed by atoms with Crippen LogP contribution in [0.15, 0.2) is 30.3 Å². The Bertz CT molecular complexity index is 332. The molecule has 1 atom stereocenters. The summed E-state index contributed by atoms with van der Waals surface area (Å²) in [7, 11) is 2.21. The average molecular weight is 248 g/mol. The Morgan fingerprint density at radius 2 is 1.83 bits per heavy atom. The van der Waals surface area contributed by atoms with Gasteiger partial charge in [-0.15, -0.1) is 0 Å². The van der Waals surface area contributed by atoms with Gasteiger partial charge in [-0.25, -0.2) is 0 Å². The number of nitrogens with zero attached hydrogens (tertiary/aromatic N) is 1. The van der Waals surface area contributed by atoms with Crippen molar-refractivity contribution in [3.63, 3.8) is 0 Å². The summed E-state index contributed by atoms with van der Waals surface area (Å²) in [6, 6.07) is 10.6. The molecule has 0 aliphatic rings. The molecule has 1 unspecified atom stereocenters. The minimum Gasteiger partial charge on any atom is -0.324 e. The molecule has 0 spiro atoms. The van der Waals surface area contributed by atoms with Gasteiger partial charge in [0, 0.05) is 11.6 Å². The lowest BCUT2D eigenvalue weighted by Crippen LogP contribution is -2.41. The summed E-state index contributed by atoms with van der Waals surface area (Å²) in [5, 5.41) is 0. The summed E-state index contributed by atoms with van der Waals surface area (Å²) in [4.78, 5) is 2.44. The summed E-state index contributed by atoms with van der Waals surface area (Å²) in [6.45, 7) is 7.95. The molecule has 2 nitrogen and oxygen atoms in total. The average Bonchev–Trinajstić information content (AvgIpc) is 2.39. The van der Waals surface area contributed by atoms with Crippen molar-refractivity contribution in [1.29, 1.82) is 0 Å². The van der Waals surface area contributed by atoms with Crippen molar-refractivity contribution >= 4 is 0 Å². The van der Waals surface area contributed by atoms with E-state index in [-0.39, 0.29) is 11.6 Å². The van der Waals surface area contributed by atoms with Gasteiger partial charge >= 0.3 is 0 Å². The van der Waals surface area contributed by atoms with Gasteiger partial charge in [0.25, 0.3) is 0 Å². The van der Waals surface area contributed by atoms with Crippen molar-refractivity contribution in [2.45, 2.75) is 51.6 Å².